The summed E-state index contributed by atoms with van der Waals surface area (Å²) in [7, 11) is 0. The SMILES string of the molecule is O=C(CCCc1cccc(Cl)c1)NCC(=O)NCc1ccc(Cl)cc1. The molecule has 0 aliphatic heterocycles. The Balaban J connectivity index is 1.60. The first kappa shape index (κ1) is 19.3. The van der Waals surface area contributed by atoms with Crippen LogP contribution in [-0.2, 0) is 22.6 Å². The summed E-state index contributed by atoms with van der Waals surface area (Å²) in [6.45, 7) is 0.379. The summed E-state index contributed by atoms with van der Waals surface area (Å²) in [5.74, 6) is -0.359. The van der Waals surface area contributed by atoms with Gasteiger partial charge in [-0.25, -0.2) is 0 Å². The maximum absolute atomic E-state index is 11.8. The van der Waals surface area contributed by atoms with Crippen molar-refractivity contribution in [3.63, 3.8) is 0 Å². The number of carbonyl (C=O) groups excluding carboxylic acids is 2. The van der Waals surface area contributed by atoms with Crippen LogP contribution in [0.3, 0.4) is 0 Å². The van der Waals surface area contributed by atoms with Crippen LogP contribution in [-0.4, -0.2) is 18.4 Å². The first-order chi connectivity index (χ1) is 12.0. The molecule has 0 spiro atoms. The van der Waals surface area contributed by atoms with Gasteiger partial charge in [0.2, 0.25) is 11.8 Å². The smallest absolute Gasteiger partial charge is 0.239 e. The van der Waals surface area contributed by atoms with Gasteiger partial charge in [0.1, 0.15) is 0 Å². The number of hydrogen-bond donors (Lipinski definition) is 2. The van der Waals surface area contributed by atoms with Gasteiger partial charge in [-0.3, -0.25) is 9.59 Å². The number of rotatable bonds is 8. The monoisotopic (exact) mass is 378 g/mol. The van der Waals surface area contributed by atoms with Gasteiger partial charge in [-0.05, 0) is 48.2 Å². The lowest BCUT2D eigenvalue weighted by atomic mass is 10.1. The Morgan fingerprint density at radius 1 is 0.840 bits per heavy atom. The minimum atomic E-state index is -0.224. The molecule has 0 saturated heterocycles. The van der Waals surface area contributed by atoms with E-state index in [0.717, 1.165) is 17.5 Å². The van der Waals surface area contributed by atoms with Gasteiger partial charge in [-0.1, -0.05) is 47.5 Å². The summed E-state index contributed by atoms with van der Waals surface area (Å²) >= 11 is 11.7. The highest BCUT2D eigenvalue weighted by molar-refractivity contribution is 6.30. The molecule has 6 heteroatoms. The zero-order chi connectivity index (χ0) is 18.1. The third-order valence-corrected chi connectivity index (χ3v) is 4.09. The molecule has 2 rings (SSSR count). The molecule has 0 atom stereocenters. The Hall–Kier alpha value is -2.04. The van der Waals surface area contributed by atoms with E-state index >= 15 is 0 Å². The normalized spacial score (nSPS) is 10.3. The zero-order valence-corrected chi connectivity index (χ0v) is 15.2. The summed E-state index contributed by atoms with van der Waals surface area (Å²) in [5, 5.41) is 6.72. The second-order valence-electron chi connectivity index (χ2n) is 5.66. The molecule has 0 heterocycles. The van der Waals surface area contributed by atoms with Crippen LogP contribution in [0.5, 0.6) is 0 Å². The Morgan fingerprint density at radius 3 is 2.32 bits per heavy atom. The number of carbonyl (C=O) groups is 2. The first-order valence-electron chi connectivity index (χ1n) is 8.05. The minimum Gasteiger partial charge on any atom is -0.350 e. The van der Waals surface area contributed by atoms with Crippen molar-refractivity contribution >= 4 is 35.0 Å². The van der Waals surface area contributed by atoms with E-state index in [0.29, 0.717) is 29.4 Å². The molecule has 0 saturated carbocycles. The summed E-state index contributed by atoms with van der Waals surface area (Å²) < 4.78 is 0. The molecule has 2 aromatic rings. The van der Waals surface area contributed by atoms with Crippen molar-refractivity contribution in [1.82, 2.24) is 10.6 Å². The fraction of sp³-hybridized carbons (Fsp3) is 0.263. The highest BCUT2D eigenvalue weighted by Gasteiger charge is 2.06. The summed E-state index contributed by atoms with van der Waals surface area (Å²) in [4.78, 5) is 23.5. The van der Waals surface area contributed by atoms with Crippen molar-refractivity contribution in [1.29, 1.82) is 0 Å². The van der Waals surface area contributed by atoms with Crippen LogP contribution < -0.4 is 10.6 Å². The van der Waals surface area contributed by atoms with Crippen LogP contribution in [0, 0.1) is 0 Å². The highest BCUT2D eigenvalue weighted by Crippen LogP contribution is 2.12. The molecule has 2 N–H and O–H groups in total. The minimum absolute atomic E-state index is 0.0242. The lowest BCUT2D eigenvalue weighted by Gasteiger charge is -2.07. The summed E-state index contributed by atoms with van der Waals surface area (Å²) in [6, 6.07) is 14.8. The molecule has 132 valence electrons. The van der Waals surface area contributed by atoms with Crippen LogP contribution in [0.2, 0.25) is 10.0 Å². The number of aryl methyl sites for hydroxylation is 1. The number of amides is 2. The highest BCUT2D eigenvalue weighted by atomic mass is 35.5. The molecule has 0 aliphatic rings. The Labute approximate surface area is 157 Å². The molecule has 0 unspecified atom stereocenters. The van der Waals surface area contributed by atoms with Crippen LogP contribution in [0.4, 0.5) is 0 Å². The molecule has 0 aromatic heterocycles. The summed E-state index contributed by atoms with van der Waals surface area (Å²) in [5.41, 5.74) is 2.05. The Kier molecular flexibility index (Phi) is 7.76. The largest absolute Gasteiger partial charge is 0.350 e. The Bertz CT molecular complexity index is 718. The van der Waals surface area contributed by atoms with E-state index in [1.54, 1.807) is 12.1 Å². The van der Waals surface area contributed by atoms with E-state index in [1.165, 1.54) is 0 Å². The Morgan fingerprint density at radius 2 is 1.60 bits per heavy atom. The van der Waals surface area contributed by atoms with Crippen molar-refractivity contribution in [3.05, 3.63) is 69.7 Å². The zero-order valence-electron chi connectivity index (χ0n) is 13.7. The first-order valence-corrected chi connectivity index (χ1v) is 8.81. The molecule has 2 aromatic carbocycles. The molecule has 0 fully saturated rings. The van der Waals surface area contributed by atoms with E-state index in [1.807, 2.05) is 36.4 Å². The van der Waals surface area contributed by atoms with Crippen molar-refractivity contribution in [2.24, 2.45) is 0 Å². The second-order valence-corrected chi connectivity index (χ2v) is 6.54. The lowest BCUT2D eigenvalue weighted by Crippen LogP contribution is -2.36. The van der Waals surface area contributed by atoms with E-state index in [9.17, 15) is 9.59 Å². The molecule has 0 bridgehead atoms. The number of hydrogen-bond acceptors (Lipinski definition) is 2. The lowest BCUT2D eigenvalue weighted by molar-refractivity contribution is -0.126. The van der Waals surface area contributed by atoms with E-state index in [-0.39, 0.29) is 18.4 Å². The third kappa shape index (κ3) is 7.59. The van der Waals surface area contributed by atoms with Gasteiger partial charge >= 0.3 is 0 Å². The second kappa shape index (κ2) is 10.1. The van der Waals surface area contributed by atoms with Crippen molar-refractivity contribution in [2.45, 2.75) is 25.8 Å². The van der Waals surface area contributed by atoms with Crippen LogP contribution >= 0.6 is 23.2 Å². The maximum Gasteiger partial charge on any atom is 0.239 e. The van der Waals surface area contributed by atoms with Crippen LogP contribution in [0.25, 0.3) is 0 Å². The molecular formula is C19H20Cl2N2O2. The fourth-order valence-corrected chi connectivity index (χ4v) is 2.62. The molecule has 0 radical (unpaired) electrons. The van der Waals surface area contributed by atoms with Crippen molar-refractivity contribution < 1.29 is 9.59 Å². The van der Waals surface area contributed by atoms with Gasteiger partial charge in [-0.2, -0.15) is 0 Å². The van der Waals surface area contributed by atoms with Gasteiger partial charge < -0.3 is 10.6 Å². The predicted molar refractivity (Wildman–Crippen MR) is 101 cm³/mol. The topological polar surface area (TPSA) is 58.2 Å². The van der Waals surface area contributed by atoms with Gasteiger partial charge in [0.15, 0.2) is 0 Å². The summed E-state index contributed by atoms with van der Waals surface area (Å²) in [6.07, 6.45) is 1.85. The fourth-order valence-electron chi connectivity index (χ4n) is 2.28. The van der Waals surface area contributed by atoms with Gasteiger partial charge in [0.05, 0.1) is 6.54 Å². The molecular weight excluding hydrogens is 359 g/mol. The average molecular weight is 379 g/mol. The molecule has 0 aliphatic carbocycles. The van der Waals surface area contributed by atoms with E-state index in [2.05, 4.69) is 10.6 Å². The standard InChI is InChI=1S/C19H20Cl2N2O2/c20-16-9-7-15(8-10-16)12-22-19(25)13-23-18(24)6-2-4-14-3-1-5-17(21)11-14/h1,3,5,7-11H,2,4,6,12-13H2,(H,22,25)(H,23,24). The average Bonchev–Trinajstić information content (AvgIpc) is 2.59. The number of halogens is 2. The van der Waals surface area contributed by atoms with E-state index < -0.39 is 0 Å². The van der Waals surface area contributed by atoms with Gasteiger partial charge in [0.25, 0.3) is 0 Å². The van der Waals surface area contributed by atoms with Gasteiger partial charge in [0, 0.05) is 23.0 Å². The molecule has 25 heavy (non-hydrogen) atoms. The molecule has 4 nitrogen and oxygen atoms in total. The number of nitrogens with one attached hydrogen (secondary N) is 2. The predicted octanol–water partition coefficient (Wildman–Crippen LogP) is 3.75. The van der Waals surface area contributed by atoms with Crippen LogP contribution in [0.1, 0.15) is 24.0 Å². The van der Waals surface area contributed by atoms with Crippen molar-refractivity contribution in [3.8, 4) is 0 Å². The maximum atomic E-state index is 11.8. The molecule has 2 amide bonds. The third-order valence-electron chi connectivity index (χ3n) is 3.61. The quantitative estimate of drug-likeness (QED) is 0.734. The van der Waals surface area contributed by atoms with Crippen LogP contribution in [0.15, 0.2) is 48.5 Å². The van der Waals surface area contributed by atoms with Crippen molar-refractivity contribution in [2.75, 3.05) is 6.54 Å². The van der Waals surface area contributed by atoms with Gasteiger partial charge in [-0.15, -0.1) is 0 Å². The number of benzene rings is 2. The van der Waals surface area contributed by atoms with E-state index in [4.69, 9.17) is 23.2 Å².